The third-order valence-electron chi connectivity index (χ3n) is 2.27. The molecule has 1 heterocycles. The Morgan fingerprint density at radius 3 is 2.75 bits per heavy atom. The lowest BCUT2D eigenvalue weighted by Crippen LogP contribution is -2.19. The molecular weight excluding hydrogens is 212 g/mol. The molecule has 1 aromatic rings. The van der Waals surface area contributed by atoms with Crippen LogP contribution in [0, 0.1) is 0 Å². The molecule has 0 fully saturated rings. The molecule has 0 unspecified atom stereocenters. The van der Waals surface area contributed by atoms with Gasteiger partial charge in [-0.3, -0.25) is 4.79 Å². The molecule has 0 radical (unpaired) electrons. The average molecular weight is 228 g/mol. The van der Waals surface area contributed by atoms with E-state index in [1.54, 1.807) is 7.11 Å². The fourth-order valence-corrected chi connectivity index (χ4v) is 1.08. The molecule has 0 aliphatic carbocycles. The Labute approximate surface area is 93.6 Å². The van der Waals surface area contributed by atoms with Gasteiger partial charge in [-0.05, 0) is 20.3 Å². The number of carboxylic acids is 1. The van der Waals surface area contributed by atoms with E-state index in [-0.39, 0.29) is 6.42 Å². The number of methoxy groups -OCH3 is 1. The number of hydrogen-bond acceptors (Lipinski definition) is 5. The van der Waals surface area contributed by atoms with Crippen molar-refractivity contribution in [1.82, 2.24) is 10.2 Å². The van der Waals surface area contributed by atoms with Crippen LogP contribution in [0.3, 0.4) is 0 Å². The van der Waals surface area contributed by atoms with Crippen LogP contribution in [0.15, 0.2) is 4.42 Å². The monoisotopic (exact) mass is 228 g/mol. The Morgan fingerprint density at radius 1 is 1.50 bits per heavy atom. The molecular formula is C10H16N2O4. The first-order valence-electron chi connectivity index (χ1n) is 5.05. The molecule has 0 spiro atoms. The van der Waals surface area contributed by atoms with Gasteiger partial charge in [-0.25, -0.2) is 0 Å². The summed E-state index contributed by atoms with van der Waals surface area (Å²) >= 11 is 0. The summed E-state index contributed by atoms with van der Waals surface area (Å²) in [7, 11) is 1.56. The smallest absolute Gasteiger partial charge is 0.303 e. The van der Waals surface area contributed by atoms with E-state index in [0.29, 0.717) is 24.6 Å². The molecule has 0 amide bonds. The van der Waals surface area contributed by atoms with Crippen LogP contribution in [0.2, 0.25) is 0 Å². The normalized spacial score (nSPS) is 11.7. The summed E-state index contributed by atoms with van der Waals surface area (Å²) in [5, 5.41) is 16.2. The molecule has 6 nitrogen and oxygen atoms in total. The van der Waals surface area contributed by atoms with Crippen molar-refractivity contribution in [2.75, 3.05) is 7.11 Å². The van der Waals surface area contributed by atoms with Crippen molar-refractivity contribution in [2.24, 2.45) is 0 Å². The number of aromatic nitrogens is 2. The summed E-state index contributed by atoms with van der Waals surface area (Å²) < 4.78 is 10.6. The van der Waals surface area contributed by atoms with Gasteiger partial charge < -0.3 is 14.3 Å². The number of carboxylic acid groups (broad SMARTS) is 1. The molecule has 16 heavy (non-hydrogen) atoms. The third kappa shape index (κ3) is 3.30. The number of ether oxygens (including phenoxy) is 1. The van der Waals surface area contributed by atoms with E-state index >= 15 is 0 Å². The van der Waals surface area contributed by atoms with Gasteiger partial charge in [-0.1, -0.05) is 0 Å². The zero-order valence-electron chi connectivity index (χ0n) is 9.69. The standard InChI is InChI=1S/C10H16N2O4/c1-10(2,15-3)9-12-11-7(16-9)5-4-6-8(13)14/h4-6H2,1-3H3,(H,13,14). The lowest BCUT2D eigenvalue weighted by molar-refractivity contribution is -0.137. The first kappa shape index (κ1) is 12.6. The predicted molar refractivity (Wildman–Crippen MR) is 54.9 cm³/mol. The van der Waals surface area contributed by atoms with Crippen molar-refractivity contribution in [3.05, 3.63) is 11.8 Å². The van der Waals surface area contributed by atoms with Crippen molar-refractivity contribution in [2.45, 2.75) is 38.7 Å². The minimum Gasteiger partial charge on any atom is -0.481 e. The largest absolute Gasteiger partial charge is 0.481 e. The van der Waals surface area contributed by atoms with E-state index in [1.165, 1.54) is 0 Å². The lowest BCUT2D eigenvalue weighted by atomic mass is 10.1. The Balaban J connectivity index is 2.55. The van der Waals surface area contributed by atoms with Gasteiger partial charge in [0.15, 0.2) is 0 Å². The molecule has 0 aliphatic heterocycles. The van der Waals surface area contributed by atoms with Crippen LogP contribution >= 0.6 is 0 Å². The minimum atomic E-state index is -0.822. The topological polar surface area (TPSA) is 85.5 Å². The fraction of sp³-hybridized carbons (Fsp3) is 0.700. The predicted octanol–water partition coefficient (Wildman–Crippen LogP) is 1.36. The van der Waals surface area contributed by atoms with Gasteiger partial charge in [-0.2, -0.15) is 0 Å². The maximum absolute atomic E-state index is 10.3. The highest BCUT2D eigenvalue weighted by molar-refractivity contribution is 5.66. The molecule has 6 heteroatoms. The van der Waals surface area contributed by atoms with Gasteiger partial charge in [0.1, 0.15) is 5.60 Å². The lowest BCUT2D eigenvalue weighted by Gasteiger charge is -2.17. The molecule has 1 aromatic heterocycles. The summed E-state index contributed by atoms with van der Waals surface area (Å²) in [6, 6.07) is 0. The fourth-order valence-electron chi connectivity index (χ4n) is 1.08. The molecule has 1 N–H and O–H groups in total. The van der Waals surface area contributed by atoms with Crippen LogP contribution < -0.4 is 0 Å². The second kappa shape index (κ2) is 5.07. The second-order valence-corrected chi connectivity index (χ2v) is 3.96. The van der Waals surface area contributed by atoms with Gasteiger partial charge in [-0.15, -0.1) is 10.2 Å². The molecule has 0 saturated heterocycles. The maximum atomic E-state index is 10.3. The summed E-state index contributed by atoms with van der Waals surface area (Å²) in [6.07, 6.45) is 1.06. The van der Waals surface area contributed by atoms with E-state index < -0.39 is 11.6 Å². The van der Waals surface area contributed by atoms with Crippen LogP contribution in [0.25, 0.3) is 0 Å². The van der Waals surface area contributed by atoms with Crippen molar-refractivity contribution < 1.29 is 19.1 Å². The zero-order valence-corrected chi connectivity index (χ0v) is 9.69. The number of carbonyl (C=O) groups is 1. The SMILES string of the molecule is COC(C)(C)c1nnc(CCCC(=O)O)o1. The van der Waals surface area contributed by atoms with Crippen LogP contribution in [0.4, 0.5) is 0 Å². The average Bonchev–Trinajstić information content (AvgIpc) is 2.66. The van der Waals surface area contributed by atoms with Gasteiger partial charge in [0.25, 0.3) is 0 Å². The van der Waals surface area contributed by atoms with E-state index in [2.05, 4.69) is 10.2 Å². The molecule has 0 bridgehead atoms. The second-order valence-electron chi connectivity index (χ2n) is 3.96. The van der Waals surface area contributed by atoms with Crippen LogP contribution in [-0.4, -0.2) is 28.4 Å². The highest BCUT2D eigenvalue weighted by Crippen LogP contribution is 2.22. The van der Waals surface area contributed by atoms with Crippen molar-refractivity contribution in [1.29, 1.82) is 0 Å². The summed E-state index contributed by atoms with van der Waals surface area (Å²) in [6.45, 7) is 3.64. The number of aryl methyl sites for hydroxylation is 1. The van der Waals surface area contributed by atoms with Gasteiger partial charge in [0.2, 0.25) is 11.8 Å². The maximum Gasteiger partial charge on any atom is 0.303 e. The van der Waals surface area contributed by atoms with Crippen molar-refractivity contribution in [3.63, 3.8) is 0 Å². The molecule has 0 atom stereocenters. The minimum absolute atomic E-state index is 0.103. The van der Waals surface area contributed by atoms with E-state index in [9.17, 15) is 4.79 Å². The van der Waals surface area contributed by atoms with E-state index in [0.717, 1.165) is 0 Å². The highest BCUT2D eigenvalue weighted by atomic mass is 16.5. The van der Waals surface area contributed by atoms with Crippen LogP contribution in [0.1, 0.15) is 38.5 Å². The molecule has 0 aliphatic rings. The Hall–Kier alpha value is -1.43. The summed E-state index contributed by atoms with van der Waals surface area (Å²) in [5.74, 6) is 0.0265. The molecule has 90 valence electrons. The third-order valence-corrected chi connectivity index (χ3v) is 2.27. The number of nitrogens with zero attached hydrogens (tertiary/aromatic N) is 2. The Morgan fingerprint density at radius 2 is 2.19 bits per heavy atom. The molecule has 1 rings (SSSR count). The van der Waals surface area contributed by atoms with Crippen molar-refractivity contribution >= 4 is 5.97 Å². The zero-order chi connectivity index (χ0) is 12.2. The van der Waals surface area contributed by atoms with E-state index in [4.69, 9.17) is 14.3 Å². The van der Waals surface area contributed by atoms with Gasteiger partial charge >= 0.3 is 5.97 Å². The van der Waals surface area contributed by atoms with Crippen LogP contribution in [-0.2, 0) is 21.6 Å². The quantitative estimate of drug-likeness (QED) is 0.791. The van der Waals surface area contributed by atoms with E-state index in [1.807, 2.05) is 13.8 Å². The van der Waals surface area contributed by atoms with Gasteiger partial charge in [0, 0.05) is 20.0 Å². The Kier molecular flexibility index (Phi) is 4.00. The number of hydrogen-bond donors (Lipinski definition) is 1. The first-order chi connectivity index (χ1) is 7.45. The summed E-state index contributed by atoms with van der Waals surface area (Å²) in [4.78, 5) is 10.3. The number of aliphatic carboxylic acids is 1. The Bertz CT molecular complexity index is 359. The van der Waals surface area contributed by atoms with Crippen LogP contribution in [0.5, 0.6) is 0 Å². The van der Waals surface area contributed by atoms with Gasteiger partial charge in [0.05, 0.1) is 0 Å². The number of rotatable bonds is 6. The first-order valence-corrected chi connectivity index (χ1v) is 5.05. The molecule has 0 saturated carbocycles. The highest BCUT2D eigenvalue weighted by Gasteiger charge is 2.26. The summed E-state index contributed by atoms with van der Waals surface area (Å²) in [5.41, 5.74) is -0.613. The van der Waals surface area contributed by atoms with Crippen molar-refractivity contribution in [3.8, 4) is 0 Å². The molecule has 0 aromatic carbocycles.